The van der Waals surface area contributed by atoms with E-state index in [1.807, 2.05) is 18.2 Å². The summed E-state index contributed by atoms with van der Waals surface area (Å²) in [6.07, 6.45) is 0. The van der Waals surface area contributed by atoms with Crippen molar-refractivity contribution in [2.24, 2.45) is 0 Å². The van der Waals surface area contributed by atoms with E-state index in [0.717, 1.165) is 5.56 Å². The van der Waals surface area contributed by atoms with E-state index in [1.54, 1.807) is 30.3 Å². The summed E-state index contributed by atoms with van der Waals surface area (Å²) in [6.45, 7) is 0.444. The van der Waals surface area contributed by atoms with Gasteiger partial charge in [0, 0.05) is 22.2 Å². The fourth-order valence-electron chi connectivity index (χ4n) is 1.64. The second kappa shape index (κ2) is 7.41. The lowest BCUT2D eigenvalue weighted by atomic mass is 10.2. The van der Waals surface area contributed by atoms with Crippen LogP contribution in [0.5, 0.6) is 0 Å². The third-order valence-corrected chi connectivity index (χ3v) is 3.60. The second-order valence-electron chi connectivity index (χ2n) is 4.24. The predicted molar refractivity (Wildman–Crippen MR) is 89.8 cm³/mol. The van der Waals surface area contributed by atoms with Gasteiger partial charge in [0.2, 0.25) is 0 Å². The highest BCUT2D eigenvalue weighted by atomic mass is 35.5. The highest BCUT2D eigenvalue weighted by Gasteiger charge is 2.07. The largest absolute Gasteiger partial charge is 0.358 e. The fraction of sp³-hybridized carbons (Fsp3) is 0.0667. The smallest absolute Gasteiger partial charge is 0.257 e. The van der Waals surface area contributed by atoms with Crippen LogP contribution in [0.25, 0.3) is 0 Å². The van der Waals surface area contributed by atoms with Crippen molar-refractivity contribution in [3.05, 3.63) is 69.7 Å². The predicted octanol–water partition coefficient (Wildman–Crippen LogP) is 3.80. The third-order valence-electron chi connectivity index (χ3n) is 2.73. The quantitative estimate of drug-likeness (QED) is 0.836. The number of hydrogen-bond acceptors (Lipinski definition) is 2. The molecule has 0 aliphatic heterocycles. The molecule has 0 aliphatic carbocycles. The Morgan fingerprint density at radius 2 is 1.71 bits per heavy atom. The lowest BCUT2D eigenvalue weighted by Crippen LogP contribution is -2.38. The van der Waals surface area contributed by atoms with Crippen molar-refractivity contribution in [2.45, 2.75) is 6.54 Å². The lowest BCUT2D eigenvalue weighted by molar-refractivity contribution is 0.0976. The van der Waals surface area contributed by atoms with Crippen LogP contribution in [0.15, 0.2) is 48.5 Å². The molecule has 2 aromatic rings. The molecule has 0 aromatic heterocycles. The van der Waals surface area contributed by atoms with Gasteiger partial charge in [-0.1, -0.05) is 41.4 Å². The Kier molecular flexibility index (Phi) is 5.56. The molecule has 0 saturated carbocycles. The van der Waals surface area contributed by atoms with Gasteiger partial charge in [-0.15, -0.1) is 0 Å². The van der Waals surface area contributed by atoms with Crippen LogP contribution in [0.1, 0.15) is 15.9 Å². The summed E-state index contributed by atoms with van der Waals surface area (Å²) in [5.41, 5.74) is 1.39. The van der Waals surface area contributed by atoms with Gasteiger partial charge in [0.15, 0.2) is 5.11 Å². The van der Waals surface area contributed by atoms with Crippen molar-refractivity contribution in [3.63, 3.8) is 0 Å². The highest BCUT2D eigenvalue weighted by molar-refractivity contribution is 7.80. The van der Waals surface area contributed by atoms with Crippen LogP contribution in [0, 0.1) is 0 Å². The summed E-state index contributed by atoms with van der Waals surface area (Å²) in [7, 11) is 0. The van der Waals surface area contributed by atoms with Gasteiger partial charge >= 0.3 is 0 Å². The van der Waals surface area contributed by atoms with Crippen LogP contribution in [-0.2, 0) is 6.54 Å². The van der Waals surface area contributed by atoms with Gasteiger partial charge in [-0.25, -0.2) is 0 Å². The number of rotatable bonds is 3. The Balaban J connectivity index is 1.88. The summed E-state index contributed by atoms with van der Waals surface area (Å²) in [5, 5.41) is 7.01. The van der Waals surface area contributed by atoms with Crippen LogP contribution >= 0.6 is 35.4 Å². The molecule has 0 bridgehead atoms. The Labute approximate surface area is 138 Å². The SMILES string of the molecule is O=C(NC(=S)NCc1ccccc1Cl)c1ccc(Cl)cc1. The molecule has 21 heavy (non-hydrogen) atoms. The fourth-order valence-corrected chi connectivity index (χ4v) is 2.13. The first-order valence-electron chi connectivity index (χ1n) is 6.14. The number of thiocarbonyl (C=S) groups is 1. The Bertz CT molecular complexity index is 659. The summed E-state index contributed by atoms with van der Waals surface area (Å²) in [6, 6.07) is 14.0. The molecule has 0 atom stereocenters. The lowest BCUT2D eigenvalue weighted by Gasteiger charge is -2.10. The second-order valence-corrected chi connectivity index (χ2v) is 5.49. The molecule has 0 radical (unpaired) electrons. The van der Waals surface area contributed by atoms with Crippen molar-refractivity contribution in [2.75, 3.05) is 0 Å². The van der Waals surface area contributed by atoms with E-state index in [-0.39, 0.29) is 11.0 Å². The maximum Gasteiger partial charge on any atom is 0.257 e. The Morgan fingerprint density at radius 3 is 2.38 bits per heavy atom. The zero-order chi connectivity index (χ0) is 15.2. The number of halogens is 2. The van der Waals surface area contributed by atoms with Gasteiger partial charge in [-0.3, -0.25) is 10.1 Å². The van der Waals surface area contributed by atoms with Crippen LogP contribution in [0.4, 0.5) is 0 Å². The topological polar surface area (TPSA) is 41.1 Å². The summed E-state index contributed by atoms with van der Waals surface area (Å²) in [4.78, 5) is 11.9. The van der Waals surface area contributed by atoms with Gasteiger partial charge in [0.1, 0.15) is 0 Å². The Hall–Kier alpha value is -1.62. The monoisotopic (exact) mass is 338 g/mol. The number of amides is 1. The molecule has 0 unspecified atom stereocenters. The van der Waals surface area contributed by atoms with Gasteiger partial charge in [0.25, 0.3) is 5.91 Å². The van der Waals surface area contributed by atoms with Crippen molar-refractivity contribution in [1.29, 1.82) is 0 Å². The van der Waals surface area contributed by atoms with E-state index in [4.69, 9.17) is 35.4 Å². The minimum absolute atomic E-state index is 0.245. The Morgan fingerprint density at radius 1 is 1.05 bits per heavy atom. The number of benzene rings is 2. The van der Waals surface area contributed by atoms with Crippen molar-refractivity contribution in [3.8, 4) is 0 Å². The zero-order valence-electron chi connectivity index (χ0n) is 10.9. The highest BCUT2D eigenvalue weighted by Crippen LogP contribution is 2.14. The summed E-state index contributed by atoms with van der Waals surface area (Å²) in [5.74, 6) is -0.289. The molecule has 0 heterocycles. The molecule has 108 valence electrons. The van der Waals surface area contributed by atoms with Crippen LogP contribution in [-0.4, -0.2) is 11.0 Å². The van der Waals surface area contributed by atoms with E-state index < -0.39 is 0 Å². The van der Waals surface area contributed by atoms with Crippen LogP contribution < -0.4 is 10.6 Å². The molecule has 6 heteroatoms. The first-order chi connectivity index (χ1) is 10.1. The van der Waals surface area contributed by atoms with Gasteiger partial charge in [0.05, 0.1) is 0 Å². The molecule has 3 nitrogen and oxygen atoms in total. The van der Waals surface area contributed by atoms with Crippen molar-refractivity contribution >= 4 is 46.4 Å². The molecule has 2 aromatic carbocycles. The molecule has 1 amide bonds. The molecule has 0 fully saturated rings. The van der Waals surface area contributed by atoms with Crippen molar-refractivity contribution in [1.82, 2.24) is 10.6 Å². The van der Waals surface area contributed by atoms with E-state index in [9.17, 15) is 4.79 Å². The van der Waals surface area contributed by atoms with Crippen molar-refractivity contribution < 1.29 is 4.79 Å². The minimum atomic E-state index is -0.289. The number of carbonyl (C=O) groups excluding carboxylic acids is 1. The number of hydrogen-bond donors (Lipinski definition) is 2. The standard InChI is InChI=1S/C15H12Cl2N2OS/c16-12-7-5-10(6-8-12)14(20)19-15(21)18-9-11-3-1-2-4-13(11)17/h1-8H,9H2,(H2,18,19,20,21). The van der Waals surface area contributed by atoms with E-state index in [2.05, 4.69) is 10.6 Å². The summed E-state index contributed by atoms with van der Waals surface area (Å²) < 4.78 is 0. The zero-order valence-corrected chi connectivity index (χ0v) is 13.2. The first kappa shape index (κ1) is 15.8. The number of nitrogens with one attached hydrogen (secondary N) is 2. The molecular formula is C15H12Cl2N2OS. The normalized spacial score (nSPS) is 10.0. The average molecular weight is 339 g/mol. The molecular weight excluding hydrogens is 327 g/mol. The minimum Gasteiger partial charge on any atom is -0.358 e. The molecule has 0 spiro atoms. The molecule has 2 rings (SSSR count). The van der Waals surface area contributed by atoms with Gasteiger partial charge in [-0.05, 0) is 48.1 Å². The van der Waals surface area contributed by atoms with E-state index in [1.165, 1.54) is 0 Å². The number of carbonyl (C=O) groups is 1. The summed E-state index contributed by atoms with van der Waals surface area (Å²) >= 11 is 16.9. The van der Waals surface area contributed by atoms with E-state index >= 15 is 0 Å². The maximum atomic E-state index is 11.9. The molecule has 0 aliphatic rings. The molecule has 2 N–H and O–H groups in total. The van der Waals surface area contributed by atoms with Gasteiger partial charge in [-0.2, -0.15) is 0 Å². The average Bonchev–Trinajstić information content (AvgIpc) is 2.47. The van der Waals surface area contributed by atoms with E-state index in [0.29, 0.717) is 22.2 Å². The first-order valence-corrected chi connectivity index (χ1v) is 7.31. The van der Waals surface area contributed by atoms with Crippen LogP contribution in [0.2, 0.25) is 10.0 Å². The molecule has 0 saturated heterocycles. The van der Waals surface area contributed by atoms with Gasteiger partial charge < -0.3 is 5.32 Å². The maximum absolute atomic E-state index is 11.9. The van der Waals surface area contributed by atoms with Crippen LogP contribution in [0.3, 0.4) is 0 Å². The third kappa shape index (κ3) is 4.70.